The molecule has 3 rings (SSSR count). The Morgan fingerprint density at radius 2 is 2.05 bits per heavy atom. The highest BCUT2D eigenvalue weighted by Gasteiger charge is 2.48. The van der Waals surface area contributed by atoms with Crippen LogP contribution in [0.15, 0.2) is 0 Å². The van der Waals surface area contributed by atoms with Crippen LogP contribution < -0.4 is 5.32 Å². The lowest BCUT2D eigenvalue weighted by molar-refractivity contribution is -0.147. The van der Waals surface area contributed by atoms with Gasteiger partial charge in [-0.25, -0.2) is 0 Å². The van der Waals surface area contributed by atoms with Crippen LogP contribution in [0.3, 0.4) is 0 Å². The van der Waals surface area contributed by atoms with E-state index >= 15 is 0 Å². The SMILES string of the molecule is CC1CC(C)N(C2CCCC(NC3CC3)(C(=O)O)C2)C1. The molecular weight excluding hydrogens is 252 g/mol. The molecule has 0 aromatic heterocycles. The highest BCUT2D eigenvalue weighted by Crippen LogP contribution is 2.38. The molecule has 4 atom stereocenters. The van der Waals surface area contributed by atoms with Crippen molar-refractivity contribution >= 4 is 5.97 Å². The highest BCUT2D eigenvalue weighted by molar-refractivity contribution is 5.79. The fourth-order valence-corrected chi connectivity index (χ4v) is 4.38. The van der Waals surface area contributed by atoms with Crippen LogP contribution in [0.25, 0.3) is 0 Å². The summed E-state index contributed by atoms with van der Waals surface area (Å²) in [6.07, 6.45) is 7.34. The third kappa shape index (κ3) is 2.73. The molecule has 4 unspecified atom stereocenters. The molecule has 20 heavy (non-hydrogen) atoms. The Morgan fingerprint density at radius 1 is 1.30 bits per heavy atom. The Balaban J connectivity index is 1.72. The summed E-state index contributed by atoms with van der Waals surface area (Å²) in [4.78, 5) is 14.4. The van der Waals surface area contributed by atoms with Crippen LogP contribution in [0.4, 0.5) is 0 Å². The first-order valence-electron chi connectivity index (χ1n) is 8.27. The van der Waals surface area contributed by atoms with Gasteiger partial charge in [0, 0.05) is 24.7 Å². The Labute approximate surface area is 121 Å². The molecule has 4 nitrogen and oxygen atoms in total. The molecule has 2 saturated carbocycles. The molecule has 1 heterocycles. The van der Waals surface area contributed by atoms with Crippen molar-refractivity contribution in [2.45, 2.75) is 82.5 Å². The Bertz CT molecular complexity index is 383. The van der Waals surface area contributed by atoms with Crippen LogP contribution in [0.1, 0.15) is 58.8 Å². The number of hydrogen-bond acceptors (Lipinski definition) is 3. The molecule has 0 aromatic rings. The fraction of sp³-hybridized carbons (Fsp3) is 0.938. The van der Waals surface area contributed by atoms with Gasteiger partial charge in [-0.1, -0.05) is 6.92 Å². The molecule has 2 aliphatic carbocycles. The Kier molecular flexibility index (Phi) is 3.80. The van der Waals surface area contributed by atoms with E-state index in [0.717, 1.165) is 44.6 Å². The average molecular weight is 280 g/mol. The van der Waals surface area contributed by atoms with Gasteiger partial charge >= 0.3 is 5.97 Å². The smallest absolute Gasteiger partial charge is 0.323 e. The Morgan fingerprint density at radius 3 is 2.60 bits per heavy atom. The highest BCUT2D eigenvalue weighted by atomic mass is 16.4. The van der Waals surface area contributed by atoms with E-state index in [1.165, 1.54) is 12.8 Å². The summed E-state index contributed by atoms with van der Waals surface area (Å²) in [5.74, 6) is 0.122. The van der Waals surface area contributed by atoms with E-state index in [9.17, 15) is 9.90 Å². The first-order valence-corrected chi connectivity index (χ1v) is 8.27. The predicted molar refractivity (Wildman–Crippen MR) is 78.7 cm³/mol. The topological polar surface area (TPSA) is 52.6 Å². The van der Waals surface area contributed by atoms with Gasteiger partial charge in [0.25, 0.3) is 0 Å². The molecule has 1 saturated heterocycles. The average Bonchev–Trinajstić information content (AvgIpc) is 3.13. The van der Waals surface area contributed by atoms with Gasteiger partial charge in [0.05, 0.1) is 0 Å². The lowest BCUT2D eigenvalue weighted by Crippen LogP contribution is -2.59. The van der Waals surface area contributed by atoms with Crippen LogP contribution >= 0.6 is 0 Å². The molecule has 0 amide bonds. The monoisotopic (exact) mass is 280 g/mol. The molecule has 0 radical (unpaired) electrons. The molecule has 3 fully saturated rings. The van der Waals surface area contributed by atoms with Crippen molar-refractivity contribution < 1.29 is 9.90 Å². The van der Waals surface area contributed by atoms with Crippen LogP contribution in [-0.4, -0.2) is 46.2 Å². The molecule has 3 aliphatic rings. The van der Waals surface area contributed by atoms with Gasteiger partial charge < -0.3 is 5.11 Å². The largest absolute Gasteiger partial charge is 0.480 e. The molecule has 2 N–H and O–H groups in total. The third-order valence-corrected chi connectivity index (χ3v) is 5.49. The van der Waals surface area contributed by atoms with Crippen LogP contribution in [0, 0.1) is 5.92 Å². The van der Waals surface area contributed by atoms with Crippen LogP contribution in [-0.2, 0) is 4.79 Å². The maximum atomic E-state index is 11.9. The second kappa shape index (κ2) is 5.30. The van der Waals surface area contributed by atoms with E-state index in [2.05, 4.69) is 24.1 Å². The standard InChI is InChI=1S/C16H28N2O2/c1-11-8-12(2)18(10-11)14-4-3-7-16(9-14,15(19)20)17-13-5-6-13/h11-14,17H,3-10H2,1-2H3,(H,19,20). The van der Waals surface area contributed by atoms with E-state index < -0.39 is 11.5 Å². The zero-order valence-electron chi connectivity index (χ0n) is 12.8. The zero-order chi connectivity index (χ0) is 14.3. The number of rotatable bonds is 4. The van der Waals surface area contributed by atoms with Gasteiger partial charge in [0.1, 0.15) is 5.54 Å². The van der Waals surface area contributed by atoms with E-state index in [4.69, 9.17) is 0 Å². The van der Waals surface area contributed by atoms with Crippen molar-refractivity contribution in [2.24, 2.45) is 5.92 Å². The van der Waals surface area contributed by atoms with Crippen molar-refractivity contribution in [3.63, 3.8) is 0 Å². The zero-order valence-corrected chi connectivity index (χ0v) is 12.8. The van der Waals surface area contributed by atoms with Crippen molar-refractivity contribution in [1.29, 1.82) is 0 Å². The van der Waals surface area contributed by atoms with E-state index in [1.807, 2.05) is 0 Å². The van der Waals surface area contributed by atoms with Gasteiger partial charge in [0.15, 0.2) is 0 Å². The summed E-state index contributed by atoms with van der Waals surface area (Å²) in [6.45, 7) is 5.76. The molecule has 0 aromatic carbocycles. The maximum Gasteiger partial charge on any atom is 0.323 e. The maximum absolute atomic E-state index is 11.9. The van der Waals surface area contributed by atoms with Crippen molar-refractivity contribution in [3.8, 4) is 0 Å². The van der Waals surface area contributed by atoms with E-state index in [-0.39, 0.29) is 0 Å². The molecule has 0 bridgehead atoms. The normalized spacial score (nSPS) is 42.8. The summed E-state index contributed by atoms with van der Waals surface area (Å²) in [7, 11) is 0. The number of nitrogens with zero attached hydrogens (tertiary/aromatic N) is 1. The number of carboxylic acids is 1. The lowest BCUT2D eigenvalue weighted by Gasteiger charge is -2.43. The number of carboxylic acid groups (broad SMARTS) is 1. The summed E-state index contributed by atoms with van der Waals surface area (Å²) < 4.78 is 0. The quantitative estimate of drug-likeness (QED) is 0.829. The van der Waals surface area contributed by atoms with Gasteiger partial charge in [-0.05, 0) is 57.8 Å². The molecule has 4 heteroatoms. The molecule has 114 valence electrons. The summed E-state index contributed by atoms with van der Waals surface area (Å²) >= 11 is 0. The van der Waals surface area contributed by atoms with Gasteiger partial charge in [-0.15, -0.1) is 0 Å². The van der Waals surface area contributed by atoms with Gasteiger partial charge in [-0.3, -0.25) is 15.0 Å². The van der Waals surface area contributed by atoms with E-state index in [0.29, 0.717) is 18.1 Å². The fourth-order valence-electron chi connectivity index (χ4n) is 4.38. The molecule has 1 aliphatic heterocycles. The van der Waals surface area contributed by atoms with Crippen LogP contribution in [0.2, 0.25) is 0 Å². The van der Waals surface area contributed by atoms with Crippen molar-refractivity contribution in [1.82, 2.24) is 10.2 Å². The van der Waals surface area contributed by atoms with E-state index in [1.54, 1.807) is 0 Å². The first kappa shape index (κ1) is 14.3. The van der Waals surface area contributed by atoms with Crippen LogP contribution in [0.5, 0.6) is 0 Å². The minimum absolute atomic E-state index is 0.450. The summed E-state index contributed by atoms with van der Waals surface area (Å²) in [5, 5.41) is 13.2. The lowest BCUT2D eigenvalue weighted by atomic mass is 9.78. The molecular formula is C16H28N2O2. The summed E-state index contributed by atoms with van der Waals surface area (Å²) in [5.41, 5.74) is -0.657. The van der Waals surface area contributed by atoms with Crippen molar-refractivity contribution in [3.05, 3.63) is 0 Å². The number of carbonyl (C=O) groups is 1. The number of nitrogens with one attached hydrogen (secondary N) is 1. The van der Waals surface area contributed by atoms with Gasteiger partial charge in [-0.2, -0.15) is 0 Å². The first-order chi connectivity index (χ1) is 9.50. The number of likely N-dealkylation sites (tertiary alicyclic amines) is 1. The second-order valence-corrected chi connectivity index (χ2v) is 7.44. The molecule has 0 spiro atoms. The minimum Gasteiger partial charge on any atom is -0.480 e. The Hall–Kier alpha value is -0.610. The van der Waals surface area contributed by atoms with Crippen molar-refractivity contribution in [2.75, 3.05) is 6.54 Å². The second-order valence-electron chi connectivity index (χ2n) is 7.44. The number of aliphatic carboxylic acids is 1. The predicted octanol–water partition coefficient (Wildman–Crippen LogP) is 2.23. The number of hydrogen-bond donors (Lipinski definition) is 2. The van der Waals surface area contributed by atoms with Gasteiger partial charge in [0.2, 0.25) is 0 Å². The summed E-state index contributed by atoms with van der Waals surface area (Å²) in [6, 6.07) is 1.52. The minimum atomic E-state index is -0.657. The third-order valence-electron chi connectivity index (χ3n) is 5.49.